The molecule has 172 valence electrons. The summed E-state index contributed by atoms with van der Waals surface area (Å²) in [5.74, 6) is -0.805. The second-order valence-electron chi connectivity index (χ2n) is 6.78. The zero-order valence-corrected chi connectivity index (χ0v) is 18.5. The fraction of sp³-hybridized carbons (Fsp3) is 0.182. The van der Waals surface area contributed by atoms with E-state index in [2.05, 4.69) is 15.6 Å². The fourth-order valence-corrected chi connectivity index (χ4v) is 3.18. The van der Waals surface area contributed by atoms with Gasteiger partial charge in [-0.1, -0.05) is 0 Å². The Labute approximate surface area is 189 Å². The highest BCUT2D eigenvalue weighted by atomic mass is 16.5. The van der Waals surface area contributed by atoms with E-state index >= 15 is 0 Å². The van der Waals surface area contributed by atoms with Crippen molar-refractivity contribution in [2.45, 2.75) is 0 Å². The number of carbonyl (C=O) groups is 3. The molecule has 4 N–H and O–H groups in total. The van der Waals surface area contributed by atoms with Crippen molar-refractivity contribution in [3.8, 4) is 17.2 Å². The summed E-state index contributed by atoms with van der Waals surface area (Å²) in [6, 6.07) is 9.58. The topological polar surface area (TPSA) is 147 Å². The highest BCUT2D eigenvalue weighted by molar-refractivity contribution is 6.10. The number of hydrogen-bond donors (Lipinski definition) is 3. The van der Waals surface area contributed by atoms with Crippen LogP contribution >= 0.6 is 0 Å². The summed E-state index contributed by atoms with van der Waals surface area (Å²) in [7, 11) is 5.94. The van der Waals surface area contributed by atoms with Gasteiger partial charge in [0.2, 0.25) is 5.75 Å². The second-order valence-corrected chi connectivity index (χ2v) is 6.78. The number of methoxy groups -OCH3 is 3. The van der Waals surface area contributed by atoms with Gasteiger partial charge < -0.3 is 35.1 Å². The first-order valence-electron chi connectivity index (χ1n) is 9.63. The van der Waals surface area contributed by atoms with Crippen molar-refractivity contribution in [1.29, 1.82) is 0 Å². The minimum Gasteiger partial charge on any atom is -0.493 e. The molecule has 33 heavy (non-hydrogen) atoms. The van der Waals surface area contributed by atoms with Crippen LogP contribution in [-0.4, -0.2) is 48.6 Å². The van der Waals surface area contributed by atoms with Crippen LogP contribution in [0.2, 0.25) is 0 Å². The molecule has 3 aromatic rings. The standard InChI is InChI=1S/C22H23N5O6/c1-27-11-24-16(20(23)28)17(27)22(30)26-13-7-5-12(6-8-13)25-21(29)14-9-10-15(31-2)19(33-4)18(14)32-3/h5-11H,1-4H3,(H2,23,28)(H,25,29)(H,26,30). The van der Waals surface area contributed by atoms with E-state index in [9.17, 15) is 14.4 Å². The number of imidazole rings is 1. The number of ether oxygens (including phenoxy) is 3. The minimum absolute atomic E-state index is 0.0421. The molecule has 0 fully saturated rings. The first-order chi connectivity index (χ1) is 15.8. The predicted molar refractivity (Wildman–Crippen MR) is 120 cm³/mol. The normalized spacial score (nSPS) is 10.3. The number of anilines is 2. The molecule has 0 saturated carbocycles. The van der Waals surface area contributed by atoms with E-state index in [1.165, 1.54) is 32.2 Å². The van der Waals surface area contributed by atoms with Gasteiger partial charge in [-0.25, -0.2) is 4.98 Å². The lowest BCUT2D eigenvalue weighted by molar-refractivity contribution is 0.0970. The van der Waals surface area contributed by atoms with Gasteiger partial charge in [0.25, 0.3) is 17.7 Å². The third kappa shape index (κ3) is 4.71. The number of aryl methyl sites for hydroxylation is 1. The molecule has 0 aliphatic rings. The number of carbonyl (C=O) groups excluding carboxylic acids is 3. The maximum absolute atomic E-state index is 12.8. The lowest BCUT2D eigenvalue weighted by Crippen LogP contribution is -2.22. The van der Waals surface area contributed by atoms with Gasteiger partial charge in [-0.2, -0.15) is 0 Å². The third-order valence-corrected chi connectivity index (χ3v) is 4.73. The largest absolute Gasteiger partial charge is 0.493 e. The molecule has 0 bridgehead atoms. The molecule has 0 aliphatic carbocycles. The number of nitrogens with zero attached hydrogens (tertiary/aromatic N) is 2. The van der Waals surface area contributed by atoms with E-state index < -0.39 is 17.7 Å². The maximum atomic E-state index is 12.8. The van der Waals surface area contributed by atoms with Crippen molar-refractivity contribution in [3.05, 3.63) is 59.7 Å². The summed E-state index contributed by atoms with van der Waals surface area (Å²) in [5, 5.41) is 5.43. The molecule has 3 rings (SSSR count). The van der Waals surface area contributed by atoms with E-state index in [0.29, 0.717) is 22.9 Å². The first-order valence-corrected chi connectivity index (χ1v) is 9.63. The lowest BCUT2D eigenvalue weighted by Gasteiger charge is -2.15. The Morgan fingerprint density at radius 1 is 0.848 bits per heavy atom. The Bertz CT molecular complexity index is 1200. The molecular weight excluding hydrogens is 430 g/mol. The molecule has 0 atom stereocenters. The summed E-state index contributed by atoms with van der Waals surface area (Å²) < 4.78 is 17.3. The second kappa shape index (κ2) is 9.73. The molecule has 0 spiro atoms. The van der Waals surface area contributed by atoms with Crippen LogP contribution in [0.25, 0.3) is 0 Å². The van der Waals surface area contributed by atoms with E-state index in [0.717, 1.165) is 0 Å². The van der Waals surface area contributed by atoms with Gasteiger partial charge in [0.05, 0.1) is 33.2 Å². The first kappa shape index (κ1) is 23.1. The number of nitrogens with two attached hydrogens (primary N) is 1. The molecule has 0 radical (unpaired) electrons. The molecule has 1 heterocycles. The molecule has 0 aliphatic heterocycles. The number of rotatable bonds is 8. The van der Waals surface area contributed by atoms with Crippen LogP contribution in [0.3, 0.4) is 0 Å². The molecule has 0 unspecified atom stereocenters. The van der Waals surface area contributed by atoms with Crippen molar-refractivity contribution >= 4 is 29.1 Å². The average molecular weight is 453 g/mol. The van der Waals surface area contributed by atoms with Gasteiger partial charge in [-0.15, -0.1) is 0 Å². The quantitative estimate of drug-likeness (QED) is 0.473. The summed E-state index contributed by atoms with van der Waals surface area (Å²) in [4.78, 5) is 40.7. The maximum Gasteiger partial charge on any atom is 0.274 e. The van der Waals surface area contributed by atoms with E-state index in [1.807, 2.05) is 0 Å². The third-order valence-electron chi connectivity index (χ3n) is 4.73. The van der Waals surface area contributed by atoms with Crippen molar-refractivity contribution in [3.63, 3.8) is 0 Å². The van der Waals surface area contributed by atoms with Gasteiger partial charge in [-0.05, 0) is 36.4 Å². The highest BCUT2D eigenvalue weighted by Crippen LogP contribution is 2.39. The lowest BCUT2D eigenvalue weighted by atomic mass is 10.1. The molecule has 11 nitrogen and oxygen atoms in total. The Hall–Kier alpha value is -4.54. The predicted octanol–water partition coefficient (Wildman–Crippen LogP) is 2.05. The summed E-state index contributed by atoms with van der Waals surface area (Å²) >= 11 is 0. The molecule has 2 aromatic carbocycles. The van der Waals surface area contributed by atoms with Crippen LogP contribution in [0, 0.1) is 0 Å². The molecular formula is C22H23N5O6. The summed E-state index contributed by atoms with van der Waals surface area (Å²) in [6.45, 7) is 0. The van der Waals surface area contributed by atoms with Crippen molar-refractivity contribution in [2.24, 2.45) is 12.8 Å². The van der Waals surface area contributed by atoms with Crippen LogP contribution in [0.15, 0.2) is 42.7 Å². The zero-order valence-electron chi connectivity index (χ0n) is 18.5. The minimum atomic E-state index is -0.801. The van der Waals surface area contributed by atoms with Crippen LogP contribution in [0.5, 0.6) is 17.2 Å². The summed E-state index contributed by atoms with van der Waals surface area (Å²) in [6.07, 6.45) is 1.33. The zero-order chi connectivity index (χ0) is 24.1. The number of amides is 3. The van der Waals surface area contributed by atoms with Crippen molar-refractivity contribution < 1.29 is 28.6 Å². The molecule has 3 amide bonds. The van der Waals surface area contributed by atoms with E-state index in [1.54, 1.807) is 43.4 Å². The van der Waals surface area contributed by atoms with Gasteiger partial charge in [-0.3, -0.25) is 14.4 Å². The molecule has 0 saturated heterocycles. The van der Waals surface area contributed by atoms with E-state index in [4.69, 9.17) is 19.9 Å². The Balaban J connectivity index is 1.75. The van der Waals surface area contributed by atoms with Crippen LogP contribution in [-0.2, 0) is 7.05 Å². The smallest absolute Gasteiger partial charge is 0.274 e. The average Bonchev–Trinajstić information content (AvgIpc) is 3.20. The number of hydrogen-bond acceptors (Lipinski definition) is 7. The van der Waals surface area contributed by atoms with Gasteiger partial charge in [0, 0.05) is 18.4 Å². The number of benzene rings is 2. The monoisotopic (exact) mass is 453 g/mol. The van der Waals surface area contributed by atoms with E-state index in [-0.39, 0.29) is 22.7 Å². The number of aromatic nitrogens is 2. The van der Waals surface area contributed by atoms with Crippen molar-refractivity contribution in [2.75, 3.05) is 32.0 Å². The SMILES string of the molecule is COc1ccc(C(=O)Nc2ccc(NC(=O)c3c(C(N)=O)ncn3C)cc2)c(OC)c1OC. The molecule has 11 heteroatoms. The highest BCUT2D eigenvalue weighted by Gasteiger charge is 2.22. The van der Waals surface area contributed by atoms with Crippen LogP contribution in [0.4, 0.5) is 11.4 Å². The Kier molecular flexibility index (Phi) is 6.82. The Morgan fingerprint density at radius 3 is 1.94 bits per heavy atom. The fourth-order valence-electron chi connectivity index (χ4n) is 3.18. The van der Waals surface area contributed by atoms with Crippen molar-refractivity contribution in [1.82, 2.24) is 9.55 Å². The number of primary amides is 1. The van der Waals surface area contributed by atoms with Gasteiger partial charge in [0.15, 0.2) is 17.2 Å². The summed E-state index contributed by atoms with van der Waals surface area (Å²) in [5.41, 5.74) is 6.36. The van der Waals surface area contributed by atoms with Crippen LogP contribution < -0.4 is 30.6 Å². The number of nitrogens with one attached hydrogen (secondary N) is 2. The van der Waals surface area contributed by atoms with Gasteiger partial charge >= 0.3 is 0 Å². The molecule has 1 aromatic heterocycles. The van der Waals surface area contributed by atoms with Crippen LogP contribution in [0.1, 0.15) is 31.3 Å². The van der Waals surface area contributed by atoms with Gasteiger partial charge in [0.1, 0.15) is 5.69 Å². The Morgan fingerprint density at radius 2 is 1.42 bits per heavy atom.